The van der Waals surface area contributed by atoms with E-state index in [-0.39, 0.29) is 17.9 Å². The highest BCUT2D eigenvalue weighted by Gasteiger charge is 2.36. The number of carbonyl (C=O) groups excluding carboxylic acids is 1. The van der Waals surface area contributed by atoms with Crippen molar-refractivity contribution in [3.05, 3.63) is 23.7 Å². The van der Waals surface area contributed by atoms with Crippen LogP contribution in [-0.2, 0) is 24.2 Å². The maximum absolute atomic E-state index is 12.6. The number of amides is 1. The van der Waals surface area contributed by atoms with Crippen molar-refractivity contribution < 1.29 is 9.90 Å². The molecule has 0 saturated heterocycles. The van der Waals surface area contributed by atoms with Crippen LogP contribution in [0.3, 0.4) is 0 Å². The monoisotopic (exact) mass is 355 g/mol. The molecule has 0 unspecified atom stereocenters. The van der Waals surface area contributed by atoms with Crippen LogP contribution in [0.25, 0.3) is 11.3 Å². The third-order valence-corrected chi connectivity index (χ3v) is 6.04. The van der Waals surface area contributed by atoms with Gasteiger partial charge in [0, 0.05) is 55.0 Å². The molecular weight excluding hydrogens is 330 g/mol. The van der Waals surface area contributed by atoms with E-state index in [0.717, 1.165) is 55.3 Å². The van der Waals surface area contributed by atoms with Gasteiger partial charge in [-0.1, -0.05) is 0 Å². The Morgan fingerprint density at radius 1 is 1.27 bits per heavy atom. The number of aliphatic hydroxyl groups is 1. The van der Waals surface area contributed by atoms with Gasteiger partial charge in [0.25, 0.3) is 0 Å². The number of hydrogen-bond acceptors (Lipinski definition) is 4. The normalized spacial score (nSPS) is 25.5. The van der Waals surface area contributed by atoms with Crippen LogP contribution in [0.1, 0.15) is 36.9 Å². The SMILES string of the molecule is O=C(C1CC(O)C1)N1CCc2[nH]nc(-c3cnn(CC4CC4)c3)c2CC1. The van der Waals surface area contributed by atoms with Gasteiger partial charge in [0.05, 0.1) is 18.0 Å². The van der Waals surface area contributed by atoms with Crippen molar-refractivity contribution in [1.29, 1.82) is 0 Å². The fourth-order valence-corrected chi connectivity index (χ4v) is 4.14. The Morgan fingerprint density at radius 3 is 2.85 bits per heavy atom. The summed E-state index contributed by atoms with van der Waals surface area (Å²) in [6.07, 6.45) is 9.20. The van der Waals surface area contributed by atoms with Crippen LogP contribution in [0.2, 0.25) is 0 Å². The van der Waals surface area contributed by atoms with E-state index in [4.69, 9.17) is 0 Å². The minimum atomic E-state index is -0.286. The van der Waals surface area contributed by atoms with Crippen molar-refractivity contribution in [3.8, 4) is 11.3 Å². The molecule has 2 fully saturated rings. The van der Waals surface area contributed by atoms with Gasteiger partial charge in [-0.3, -0.25) is 14.6 Å². The molecule has 2 aromatic heterocycles. The van der Waals surface area contributed by atoms with Crippen LogP contribution in [0, 0.1) is 11.8 Å². The number of aliphatic hydroxyl groups excluding tert-OH is 1. The minimum Gasteiger partial charge on any atom is -0.393 e. The average Bonchev–Trinajstić information content (AvgIpc) is 3.22. The van der Waals surface area contributed by atoms with E-state index in [1.165, 1.54) is 18.4 Å². The van der Waals surface area contributed by atoms with Gasteiger partial charge in [-0.05, 0) is 38.0 Å². The lowest BCUT2D eigenvalue weighted by Gasteiger charge is -2.34. The Balaban J connectivity index is 1.30. The van der Waals surface area contributed by atoms with Crippen LogP contribution in [-0.4, -0.2) is 55.1 Å². The molecule has 7 nitrogen and oxygen atoms in total. The number of nitrogens with zero attached hydrogens (tertiary/aromatic N) is 4. The van der Waals surface area contributed by atoms with E-state index >= 15 is 0 Å². The van der Waals surface area contributed by atoms with Crippen LogP contribution < -0.4 is 0 Å². The van der Waals surface area contributed by atoms with E-state index in [2.05, 4.69) is 21.5 Å². The van der Waals surface area contributed by atoms with Crippen LogP contribution in [0.4, 0.5) is 0 Å². The molecule has 2 N–H and O–H groups in total. The van der Waals surface area contributed by atoms with E-state index < -0.39 is 0 Å². The number of hydrogen-bond donors (Lipinski definition) is 2. The highest BCUT2D eigenvalue weighted by atomic mass is 16.3. The summed E-state index contributed by atoms with van der Waals surface area (Å²) in [5.41, 5.74) is 4.40. The maximum Gasteiger partial charge on any atom is 0.225 e. The zero-order valence-electron chi connectivity index (χ0n) is 14.9. The van der Waals surface area contributed by atoms with Gasteiger partial charge >= 0.3 is 0 Å². The zero-order chi connectivity index (χ0) is 17.7. The van der Waals surface area contributed by atoms with E-state index in [0.29, 0.717) is 12.8 Å². The van der Waals surface area contributed by atoms with E-state index in [9.17, 15) is 9.90 Å². The van der Waals surface area contributed by atoms with Crippen LogP contribution in [0.15, 0.2) is 12.4 Å². The molecule has 2 saturated carbocycles. The van der Waals surface area contributed by atoms with Gasteiger partial charge in [0.15, 0.2) is 0 Å². The highest BCUT2D eigenvalue weighted by Crippen LogP contribution is 2.33. The first kappa shape index (κ1) is 16.1. The van der Waals surface area contributed by atoms with Crippen LogP contribution >= 0.6 is 0 Å². The summed E-state index contributed by atoms with van der Waals surface area (Å²) in [6.45, 7) is 2.45. The molecule has 0 bridgehead atoms. The van der Waals surface area contributed by atoms with Crippen molar-refractivity contribution in [2.24, 2.45) is 11.8 Å². The molecule has 138 valence electrons. The second-order valence-electron chi connectivity index (χ2n) is 8.07. The lowest BCUT2D eigenvalue weighted by molar-refractivity contribution is -0.142. The number of aromatic nitrogens is 4. The Bertz CT molecular complexity index is 816. The molecule has 0 spiro atoms. The van der Waals surface area contributed by atoms with Gasteiger partial charge in [0.1, 0.15) is 0 Å². The smallest absolute Gasteiger partial charge is 0.225 e. The molecule has 26 heavy (non-hydrogen) atoms. The van der Waals surface area contributed by atoms with Crippen molar-refractivity contribution in [1.82, 2.24) is 24.9 Å². The highest BCUT2D eigenvalue weighted by molar-refractivity contribution is 5.80. The second kappa shape index (κ2) is 6.23. The zero-order valence-corrected chi connectivity index (χ0v) is 14.9. The van der Waals surface area contributed by atoms with Crippen LogP contribution in [0.5, 0.6) is 0 Å². The molecule has 0 radical (unpaired) electrons. The number of fused-ring (bicyclic) bond motifs is 1. The summed E-state index contributed by atoms with van der Waals surface area (Å²) >= 11 is 0. The Hall–Kier alpha value is -2.15. The molecule has 2 aromatic rings. The van der Waals surface area contributed by atoms with Gasteiger partial charge in [-0.15, -0.1) is 0 Å². The number of carbonyl (C=O) groups is 1. The van der Waals surface area contributed by atoms with Gasteiger partial charge in [0.2, 0.25) is 5.91 Å². The molecule has 1 amide bonds. The average molecular weight is 355 g/mol. The van der Waals surface area contributed by atoms with Crippen molar-refractivity contribution in [2.45, 2.75) is 51.2 Å². The summed E-state index contributed by atoms with van der Waals surface area (Å²) in [7, 11) is 0. The summed E-state index contributed by atoms with van der Waals surface area (Å²) < 4.78 is 2.03. The third-order valence-electron chi connectivity index (χ3n) is 6.04. The molecule has 0 aromatic carbocycles. The third kappa shape index (κ3) is 2.94. The first-order chi connectivity index (χ1) is 12.7. The number of nitrogens with one attached hydrogen (secondary N) is 1. The lowest BCUT2D eigenvalue weighted by atomic mass is 9.81. The fourth-order valence-electron chi connectivity index (χ4n) is 4.14. The van der Waals surface area contributed by atoms with Crippen molar-refractivity contribution in [3.63, 3.8) is 0 Å². The fraction of sp³-hybridized carbons (Fsp3) is 0.632. The lowest BCUT2D eigenvalue weighted by Crippen LogP contribution is -2.44. The minimum absolute atomic E-state index is 0.0136. The Kier molecular flexibility index (Phi) is 3.85. The molecule has 0 atom stereocenters. The summed E-state index contributed by atoms with van der Waals surface area (Å²) in [5, 5.41) is 21.7. The molecule has 1 aliphatic heterocycles. The molecule has 2 aliphatic carbocycles. The number of H-pyrrole nitrogens is 1. The summed E-state index contributed by atoms with van der Waals surface area (Å²) in [4.78, 5) is 14.6. The Labute approximate surface area is 152 Å². The van der Waals surface area contributed by atoms with Crippen molar-refractivity contribution in [2.75, 3.05) is 13.1 Å². The molecular formula is C19H25N5O2. The molecule has 3 aliphatic rings. The van der Waals surface area contributed by atoms with Gasteiger partial charge in [-0.2, -0.15) is 10.2 Å². The predicted molar refractivity (Wildman–Crippen MR) is 95.3 cm³/mol. The quantitative estimate of drug-likeness (QED) is 0.867. The Morgan fingerprint density at radius 2 is 2.08 bits per heavy atom. The molecule has 3 heterocycles. The topological polar surface area (TPSA) is 87.0 Å². The predicted octanol–water partition coefficient (Wildman–Crippen LogP) is 1.38. The van der Waals surface area contributed by atoms with E-state index in [1.54, 1.807) is 0 Å². The van der Waals surface area contributed by atoms with E-state index in [1.807, 2.05) is 15.8 Å². The molecule has 7 heteroatoms. The first-order valence-corrected chi connectivity index (χ1v) is 9.73. The molecule has 5 rings (SSSR count). The largest absolute Gasteiger partial charge is 0.393 e. The van der Waals surface area contributed by atoms with Crippen molar-refractivity contribution >= 4 is 5.91 Å². The number of rotatable bonds is 4. The number of aromatic amines is 1. The van der Waals surface area contributed by atoms with Gasteiger partial charge in [-0.25, -0.2) is 0 Å². The summed E-state index contributed by atoms with van der Waals surface area (Å²) in [5.74, 6) is 1.01. The second-order valence-corrected chi connectivity index (χ2v) is 8.07. The maximum atomic E-state index is 12.6. The standard InChI is InChI=1S/C19H25N5O2/c25-15-7-13(8-15)19(26)23-5-3-16-17(4-6-23)21-22-18(16)14-9-20-24(11-14)10-12-1-2-12/h9,11-13,15,25H,1-8,10H2,(H,21,22). The van der Waals surface area contributed by atoms with Gasteiger partial charge < -0.3 is 10.0 Å². The first-order valence-electron chi connectivity index (χ1n) is 9.73. The summed E-state index contributed by atoms with van der Waals surface area (Å²) in [6, 6.07) is 0.